The summed E-state index contributed by atoms with van der Waals surface area (Å²) < 4.78 is 0. The molecule has 6 nitrogen and oxygen atoms in total. The second-order valence-electron chi connectivity index (χ2n) is 2.86. The summed E-state index contributed by atoms with van der Waals surface area (Å²) in [5, 5.41) is 13.3. The van der Waals surface area contributed by atoms with E-state index in [-0.39, 0.29) is 0 Å². The van der Waals surface area contributed by atoms with Crippen molar-refractivity contribution in [3.63, 3.8) is 0 Å². The van der Waals surface area contributed by atoms with Gasteiger partial charge in [-0.3, -0.25) is 14.9 Å². The Morgan fingerprint density at radius 1 is 1.67 bits per heavy atom. The Morgan fingerprint density at radius 3 is 3.00 bits per heavy atom. The monoisotopic (exact) mass is 209 g/mol. The average Bonchev–Trinajstić information content (AvgIpc) is 2.20. The van der Waals surface area contributed by atoms with Crippen LogP contribution >= 0.6 is 0 Å². The van der Waals surface area contributed by atoms with Crippen LogP contribution in [0.4, 0.5) is 5.69 Å². The number of aromatic nitrogens is 1. The van der Waals surface area contributed by atoms with Gasteiger partial charge in [-0.1, -0.05) is 12.2 Å². The molecule has 0 amide bonds. The topological polar surface area (TPSA) is 88.0 Å². The standard InChI is InChI=1S/C9H11N3O3/c1-10-4-2-3-7-5-8(12(14)15)9(13)11-6-7/h2-3,5-6,10H,4H2,1H3,(H,11,13). The summed E-state index contributed by atoms with van der Waals surface area (Å²) in [6.07, 6.45) is 4.93. The largest absolute Gasteiger partial charge is 0.334 e. The second-order valence-corrected chi connectivity index (χ2v) is 2.86. The fourth-order valence-electron chi connectivity index (χ4n) is 1.03. The van der Waals surface area contributed by atoms with Crippen LogP contribution in [0.2, 0.25) is 0 Å². The van der Waals surface area contributed by atoms with Crippen molar-refractivity contribution in [1.82, 2.24) is 10.3 Å². The van der Waals surface area contributed by atoms with Crippen LogP contribution < -0.4 is 10.9 Å². The van der Waals surface area contributed by atoms with E-state index in [0.717, 1.165) is 0 Å². The van der Waals surface area contributed by atoms with E-state index in [0.29, 0.717) is 12.1 Å². The van der Waals surface area contributed by atoms with Crippen molar-refractivity contribution in [2.45, 2.75) is 0 Å². The van der Waals surface area contributed by atoms with Crippen molar-refractivity contribution in [3.05, 3.63) is 44.4 Å². The lowest BCUT2D eigenvalue weighted by Crippen LogP contribution is -2.10. The Kier molecular flexibility index (Phi) is 3.75. The van der Waals surface area contributed by atoms with Gasteiger partial charge in [-0.2, -0.15) is 0 Å². The zero-order valence-corrected chi connectivity index (χ0v) is 8.19. The molecule has 1 aromatic heterocycles. The molecule has 80 valence electrons. The number of rotatable bonds is 4. The Bertz CT molecular complexity index is 436. The van der Waals surface area contributed by atoms with Gasteiger partial charge >= 0.3 is 11.2 Å². The van der Waals surface area contributed by atoms with Gasteiger partial charge in [-0.15, -0.1) is 0 Å². The lowest BCUT2D eigenvalue weighted by atomic mass is 10.2. The van der Waals surface area contributed by atoms with Gasteiger partial charge in [0, 0.05) is 18.8 Å². The van der Waals surface area contributed by atoms with E-state index in [1.807, 2.05) is 0 Å². The van der Waals surface area contributed by atoms with Gasteiger partial charge in [0.25, 0.3) is 0 Å². The third kappa shape index (κ3) is 3.03. The molecule has 0 radical (unpaired) electrons. The van der Waals surface area contributed by atoms with Crippen LogP contribution in [0.5, 0.6) is 0 Å². The fraction of sp³-hybridized carbons (Fsp3) is 0.222. The van der Waals surface area contributed by atoms with Gasteiger partial charge in [-0.25, -0.2) is 0 Å². The van der Waals surface area contributed by atoms with Gasteiger partial charge in [-0.05, 0) is 12.6 Å². The van der Waals surface area contributed by atoms with E-state index in [1.165, 1.54) is 12.3 Å². The summed E-state index contributed by atoms with van der Waals surface area (Å²) in [5.74, 6) is 0. The van der Waals surface area contributed by atoms with E-state index in [4.69, 9.17) is 0 Å². The van der Waals surface area contributed by atoms with Crippen molar-refractivity contribution in [2.24, 2.45) is 0 Å². The lowest BCUT2D eigenvalue weighted by molar-refractivity contribution is -0.386. The zero-order chi connectivity index (χ0) is 11.3. The Balaban J connectivity index is 2.98. The van der Waals surface area contributed by atoms with Crippen molar-refractivity contribution >= 4 is 11.8 Å². The summed E-state index contributed by atoms with van der Waals surface area (Å²) in [4.78, 5) is 23.1. The average molecular weight is 209 g/mol. The quantitative estimate of drug-likeness (QED) is 0.558. The van der Waals surface area contributed by atoms with Gasteiger partial charge in [0.2, 0.25) is 0 Å². The molecule has 0 atom stereocenters. The van der Waals surface area contributed by atoms with E-state index < -0.39 is 16.2 Å². The third-order valence-electron chi connectivity index (χ3n) is 1.73. The normalized spacial score (nSPS) is 10.7. The Morgan fingerprint density at radius 2 is 2.40 bits per heavy atom. The van der Waals surface area contributed by atoms with Crippen LogP contribution in [0, 0.1) is 10.1 Å². The van der Waals surface area contributed by atoms with E-state index >= 15 is 0 Å². The molecular formula is C9H11N3O3. The molecule has 1 aromatic rings. The zero-order valence-electron chi connectivity index (χ0n) is 8.19. The molecule has 0 bridgehead atoms. The number of aromatic amines is 1. The Hall–Kier alpha value is -1.95. The Labute approximate surface area is 85.8 Å². The number of nitrogens with zero attached hydrogens (tertiary/aromatic N) is 1. The number of nitro groups is 1. The highest BCUT2D eigenvalue weighted by molar-refractivity contribution is 5.51. The summed E-state index contributed by atoms with van der Waals surface area (Å²) >= 11 is 0. The first-order valence-electron chi connectivity index (χ1n) is 4.33. The summed E-state index contributed by atoms with van der Waals surface area (Å²) in [5.41, 5.74) is -0.538. The van der Waals surface area contributed by atoms with Gasteiger partial charge in [0.15, 0.2) is 0 Å². The highest BCUT2D eigenvalue weighted by atomic mass is 16.6. The van der Waals surface area contributed by atoms with E-state index in [1.54, 1.807) is 19.2 Å². The van der Waals surface area contributed by atoms with Crippen molar-refractivity contribution < 1.29 is 4.92 Å². The minimum absolute atomic E-state index is 0.443. The maximum absolute atomic E-state index is 11.0. The predicted molar refractivity (Wildman–Crippen MR) is 56.7 cm³/mol. The lowest BCUT2D eigenvalue weighted by Gasteiger charge is -1.94. The molecule has 15 heavy (non-hydrogen) atoms. The number of hydrogen-bond acceptors (Lipinski definition) is 4. The molecule has 2 N–H and O–H groups in total. The van der Waals surface area contributed by atoms with Gasteiger partial charge in [0.1, 0.15) is 0 Å². The highest BCUT2D eigenvalue weighted by Gasteiger charge is 2.11. The first-order valence-corrected chi connectivity index (χ1v) is 4.33. The number of likely N-dealkylation sites (N-methyl/N-ethyl adjacent to an activating group) is 1. The molecule has 0 fully saturated rings. The SMILES string of the molecule is CNCC=Cc1c[nH]c(=O)c([N+](=O)[O-])c1. The van der Waals surface area contributed by atoms with Gasteiger partial charge < -0.3 is 10.3 Å². The van der Waals surface area contributed by atoms with Crippen LogP contribution in [0.25, 0.3) is 6.08 Å². The molecule has 0 spiro atoms. The van der Waals surface area contributed by atoms with Crippen LogP contribution in [-0.4, -0.2) is 23.5 Å². The smallest absolute Gasteiger partial charge is 0.323 e. The van der Waals surface area contributed by atoms with Crippen molar-refractivity contribution in [3.8, 4) is 0 Å². The van der Waals surface area contributed by atoms with E-state index in [9.17, 15) is 14.9 Å². The first kappa shape index (κ1) is 11.1. The molecule has 0 aromatic carbocycles. The van der Waals surface area contributed by atoms with E-state index in [2.05, 4.69) is 10.3 Å². The van der Waals surface area contributed by atoms with Crippen LogP contribution in [-0.2, 0) is 0 Å². The van der Waals surface area contributed by atoms with Crippen molar-refractivity contribution in [2.75, 3.05) is 13.6 Å². The number of nitrogens with one attached hydrogen (secondary N) is 2. The minimum atomic E-state index is -0.700. The molecule has 1 heterocycles. The number of H-pyrrole nitrogens is 1. The highest BCUT2D eigenvalue weighted by Crippen LogP contribution is 2.07. The molecule has 0 saturated heterocycles. The number of hydrogen-bond donors (Lipinski definition) is 2. The summed E-state index contributed by atoms with van der Waals surface area (Å²) in [7, 11) is 1.79. The van der Waals surface area contributed by atoms with Crippen LogP contribution in [0.1, 0.15) is 5.56 Å². The third-order valence-corrected chi connectivity index (χ3v) is 1.73. The molecule has 1 rings (SSSR count). The molecule has 0 saturated carbocycles. The second kappa shape index (κ2) is 5.06. The van der Waals surface area contributed by atoms with Gasteiger partial charge in [0.05, 0.1) is 4.92 Å². The molecule has 0 aliphatic heterocycles. The molecule has 0 aliphatic rings. The summed E-state index contributed by atoms with van der Waals surface area (Å²) in [6.45, 7) is 0.660. The molecule has 6 heteroatoms. The molecule has 0 aliphatic carbocycles. The van der Waals surface area contributed by atoms with Crippen LogP contribution in [0.3, 0.4) is 0 Å². The van der Waals surface area contributed by atoms with Crippen molar-refractivity contribution in [1.29, 1.82) is 0 Å². The summed E-state index contributed by atoms with van der Waals surface area (Å²) in [6, 6.07) is 1.24. The first-order chi connectivity index (χ1) is 7.15. The molecular weight excluding hydrogens is 198 g/mol. The maximum atomic E-state index is 11.0. The number of pyridine rings is 1. The predicted octanol–water partition coefficient (Wildman–Crippen LogP) is 0.516. The maximum Gasteiger partial charge on any atom is 0.334 e. The fourth-order valence-corrected chi connectivity index (χ4v) is 1.03. The minimum Gasteiger partial charge on any atom is -0.323 e. The molecule has 0 unspecified atom stereocenters. The van der Waals surface area contributed by atoms with Crippen LogP contribution in [0.15, 0.2) is 23.1 Å².